The minimum atomic E-state index is -1.00. The Bertz CT molecular complexity index is 448. The maximum absolute atomic E-state index is 11.1. The lowest BCUT2D eigenvalue weighted by Crippen LogP contribution is -2.34. The van der Waals surface area contributed by atoms with E-state index in [-0.39, 0.29) is 11.3 Å². The van der Waals surface area contributed by atoms with Gasteiger partial charge in [-0.05, 0) is 25.8 Å². The molecule has 0 saturated carbocycles. The van der Waals surface area contributed by atoms with Crippen LogP contribution in [0.25, 0.3) is 0 Å². The van der Waals surface area contributed by atoms with Crippen LogP contribution in [0.2, 0.25) is 0 Å². The summed E-state index contributed by atoms with van der Waals surface area (Å²) in [6.07, 6.45) is 6.13. The van der Waals surface area contributed by atoms with E-state index in [1.165, 1.54) is 25.1 Å². The van der Waals surface area contributed by atoms with Crippen LogP contribution in [-0.4, -0.2) is 28.6 Å². The summed E-state index contributed by atoms with van der Waals surface area (Å²) in [7, 11) is 0. The van der Waals surface area contributed by atoms with Gasteiger partial charge in [0.15, 0.2) is 5.82 Å². The van der Waals surface area contributed by atoms with Crippen LogP contribution in [0, 0.1) is 0 Å². The third kappa shape index (κ3) is 2.39. The van der Waals surface area contributed by atoms with E-state index < -0.39 is 5.97 Å². The molecule has 0 bridgehead atoms. The molecule has 1 fully saturated rings. The van der Waals surface area contributed by atoms with Crippen LogP contribution in [0.1, 0.15) is 43.0 Å². The fourth-order valence-electron chi connectivity index (χ4n) is 2.47. The highest BCUT2D eigenvalue weighted by Crippen LogP contribution is 2.29. The van der Waals surface area contributed by atoms with Crippen LogP contribution in [0.15, 0.2) is 12.3 Å². The molecule has 1 aromatic heterocycles. The number of aromatic carboxylic acids is 1. The van der Waals surface area contributed by atoms with Gasteiger partial charge in [-0.25, -0.2) is 9.78 Å². The highest BCUT2D eigenvalue weighted by Gasteiger charge is 2.22. The Hall–Kier alpha value is -1.78. The number of hydrogen-bond donors (Lipinski definition) is 2. The zero-order chi connectivity index (χ0) is 13.1. The largest absolute Gasteiger partial charge is 0.478 e. The Morgan fingerprint density at radius 1 is 1.50 bits per heavy atom. The minimum absolute atomic E-state index is 0.136. The summed E-state index contributed by atoms with van der Waals surface area (Å²) in [5.41, 5.74) is 6.36. The van der Waals surface area contributed by atoms with Crippen LogP contribution in [-0.2, 0) is 0 Å². The molecule has 1 saturated heterocycles. The van der Waals surface area contributed by atoms with E-state index in [4.69, 9.17) is 10.8 Å². The van der Waals surface area contributed by atoms with Gasteiger partial charge in [0.25, 0.3) is 0 Å². The SMILES string of the molecule is CC1CCCCCN1c1nccc(C(=O)O)c1N. The second-order valence-electron chi connectivity index (χ2n) is 4.79. The Kier molecular flexibility index (Phi) is 3.69. The summed E-state index contributed by atoms with van der Waals surface area (Å²) in [5.74, 6) is -0.386. The molecule has 5 nitrogen and oxygen atoms in total. The second-order valence-corrected chi connectivity index (χ2v) is 4.79. The number of carboxylic acid groups (broad SMARTS) is 1. The van der Waals surface area contributed by atoms with E-state index >= 15 is 0 Å². The molecule has 1 unspecified atom stereocenters. The van der Waals surface area contributed by atoms with Crippen LogP contribution < -0.4 is 10.6 Å². The van der Waals surface area contributed by atoms with Crippen LogP contribution in [0.3, 0.4) is 0 Å². The molecule has 0 amide bonds. The van der Waals surface area contributed by atoms with Crippen LogP contribution >= 0.6 is 0 Å². The van der Waals surface area contributed by atoms with E-state index in [2.05, 4.69) is 16.8 Å². The average Bonchev–Trinajstić information content (AvgIpc) is 2.54. The van der Waals surface area contributed by atoms with E-state index in [0.29, 0.717) is 11.9 Å². The predicted octanol–water partition coefficient (Wildman–Crippen LogP) is 2.13. The molecule has 2 rings (SSSR count). The number of carboxylic acids is 1. The molecule has 0 spiro atoms. The Labute approximate surface area is 107 Å². The number of anilines is 2. The highest BCUT2D eigenvalue weighted by atomic mass is 16.4. The first-order valence-corrected chi connectivity index (χ1v) is 6.35. The van der Waals surface area contributed by atoms with Gasteiger partial charge >= 0.3 is 5.97 Å². The first kappa shape index (κ1) is 12.7. The van der Waals surface area contributed by atoms with Crippen molar-refractivity contribution in [3.05, 3.63) is 17.8 Å². The summed E-state index contributed by atoms with van der Waals surface area (Å²) >= 11 is 0. The second kappa shape index (κ2) is 5.25. The predicted molar refractivity (Wildman–Crippen MR) is 70.9 cm³/mol. The normalized spacial score (nSPS) is 20.5. The number of carbonyl (C=O) groups is 1. The highest BCUT2D eigenvalue weighted by molar-refractivity contribution is 5.96. The van der Waals surface area contributed by atoms with Crippen molar-refractivity contribution in [2.24, 2.45) is 0 Å². The summed E-state index contributed by atoms with van der Waals surface area (Å²) in [6, 6.07) is 1.80. The van der Waals surface area contributed by atoms with Gasteiger partial charge in [-0.1, -0.05) is 12.8 Å². The molecule has 1 aliphatic rings. The first-order valence-electron chi connectivity index (χ1n) is 6.35. The number of nitrogens with zero attached hydrogens (tertiary/aromatic N) is 2. The standard InChI is InChI=1S/C13H19N3O2/c1-9-5-3-2-4-8-16(9)12-11(14)10(13(17)18)6-7-15-12/h6-7,9H,2-5,8,14H2,1H3,(H,17,18). The molecular weight excluding hydrogens is 230 g/mol. The van der Waals surface area contributed by atoms with Crippen molar-refractivity contribution in [2.45, 2.75) is 38.6 Å². The maximum Gasteiger partial charge on any atom is 0.337 e. The molecule has 18 heavy (non-hydrogen) atoms. The van der Waals surface area contributed by atoms with Gasteiger partial charge in [-0.2, -0.15) is 0 Å². The van der Waals surface area contributed by atoms with Crippen LogP contribution in [0.5, 0.6) is 0 Å². The zero-order valence-electron chi connectivity index (χ0n) is 10.6. The summed E-state index contributed by atoms with van der Waals surface area (Å²) in [5, 5.41) is 9.08. The number of pyridine rings is 1. The number of rotatable bonds is 2. The molecule has 3 N–H and O–H groups in total. The fourth-order valence-corrected chi connectivity index (χ4v) is 2.47. The smallest absolute Gasteiger partial charge is 0.337 e. The summed E-state index contributed by atoms with van der Waals surface area (Å²) in [4.78, 5) is 17.5. The average molecular weight is 249 g/mol. The van der Waals surface area contributed by atoms with Crippen molar-refractivity contribution in [3.8, 4) is 0 Å². The Morgan fingerprint density at radius 3 is 3.00 bits per heavy atom. The van der Waals surface area contributed by atoms with Crippen molar-refractivity contribution < 1.29 is 9.90 Å². The third-order valence-electron chi connectivity index (χ3n) is 3.52. The number of nitrogen functional groups attached to an aromatic ring is 1. The number of aromatic nitrogens is 1. The first-order chi connectivity index (χ1) is 8.61. The molecule has 2 heterocycles. The van der Waals surface area contributed by atoms with Crippen LogP contribution in [0.4, 0.5) is 11.5 Å². The lowest BCUT2D eigenvalue weighted by atomic mass is 10.1. The van der Waals surface area contributed by atoms with E-state index in [1.54, 1.807) is 0 Å². The van der Waals surface area contributed by atoms with Gasteiger partial charge in [-0.15, -0.1) is 0 Å². The topological polar surface area (TPSA) is 79.5 Å². The van der Waals surface area contributed by atoms with Crippen molar-refractivity contribution in [3.63, 3.8) is 0 Å². The molecule has 5 heteroatoms. The molecule has 98 valence electrons. The number of hydrogen-bond acceptors (Lipinski definition) is 4. The van der Waals surface area contributed by atoms with Crippen molar-refractivity contribution >= 4 is 17.5 Å². The molecule has 1 aliphatic heterocycles. The number of nitrogens with two attached hydrogens (primary N) is 1. The van der Waals surface area contributed by atoms with E-state index in [1.807, 2.05) is 0 Å². The summed E-state index contributed by atoms with van der Waals surface area (Å²) in [6.45, 7) is 3.03. The fraction of sp³-hybridized carbons (Fsp3) is 0.538. The Morgan fingerprint density at radius 2 is 2.28 bits per heavy atom. The molecular formula is C13H19N3O2. The van der Waals surface area contributed by atoms with Gasteiger partial charge < -0.3 is 15.7 Å². The van der Waals surface area contributed by atoms with E-state index in [9.17, 15) is 4.79 Å². The molecule has 0 aliphatic carbocycles. The molecule has 0 radical (unpaired) electrons. The lowest BCUT2D eigenvalue weighted by Gasteiger charge is -2.29. The maximum atomic E-state index is 11.1. The van der Waals surface area contributed by atoms with Gasteiger partial charge in [-0.3, -0.25) is 0 Å². The molecule has 1 atom stereocenters. The van der Waals surface area contributed by atoms with Gasteiger partial charge in [0.05, 0.1) is 11.3 Å². The third-order valence-corrected chi connectivity index (χ3v) is 3.52. The minimum Gasteiger partial charge on any atom is -0.478 e. The van der Waals surface area contributed by atoms with Gasteiger partial charge in [0.2, 0.25) is 0 Å². The monoisotopic (exact) mass is 249 g/mol. The molecule has 1 aromatic rings. The summed E-state index contributed by atoms with van der Waals surface area (Å²) < 4.78 is 0. The van der Waals surface area contributed by atoms with Gasteiger partial charge in [0.1, 0.15) is 0 Å². The quantitative estimate of drug-likeness (QED) is 0.839. The van der Waals surface area contributed by atoms with Crippen molar-refractivity contribution in [1.29, 1.82) is 0 Å². The van der Waals surface area contributed by atoms with Crippen molar-refractivity contribution in [2.75, 3.05) is 17.2 Å². The zero-order valence-corrected chi connectivity index (χ0v) is 10.6. The van der Waals surface area contributed by atoms with Crippen molar-refractivity contribution in [1.82, 2.24) is 4.98 Å². The van der Waals surface area contributed by atoms with Gasteiger partial charge in [0, 0.05) is 18.8 Å². The van der Waals surface area contributed by atoms with E-state index in [0.717, 1.165) is 19.4 Å². The lowest BCUT2D eigenvalue weighted by molar-refractivity contribution is 0.0698. The Balaban J connectivity index is 2.37. The molecule has 0 aromatic carbocycles.